The van der Waals surface area contributed by atoms with E-state index in [-0.39, 0.29) is 5.97 Å². The average molecular weight is 305 g/mol. The van der Waals surface area contributed by atoms with Crippen LogP contribution in [0.2, 0.25) is 0 Å². The molecule has 0 saturated heterocycles. The topological polar surface area (TPSA) is 56.8 Å². The molecule has 0 aliphatic heterocycles. The average Bonchev–Trinajstić information content (AvgIpc) is 2.54. The molecule has 0 fully saturated rings. The van der Waals surface area contributed by atoms with Crippen LogP contribution < -0.4 is 14.8 Å². The molecule has 0 heterocycles. The van der Waals surface area contributed by atoms with Crippen molar-refractivity contribution in [3.63, 3.8) is 0 Å². The highest BCUT2D eigenvalue weighted by Gasteiger charge is 2.08. The predicted molar refractivity (Wildman–Crippen MR) is 86.2 cm³/mol. The fourth-order valence-corrected chi connectivity index (χ4v) is 1.94. The van der Waals surface area contributed by atoms with E-state index in [9.17, 15) is 4.79 Å². The lowest BCUT2D eigenvalue weighted by Gasteiger charge is -2.13. The summed E-state index contributed by atoms with van der Waals surface area (Å²) in [5.74, 6) is 1.12. The Morgan fingerprint density at radius 2 is 2.00 bits per heavy atom. The van der Waals surface area contributed by atoms with Gasteiger partial charge in [-0.3, -0.25) is 0 Å². The Morgan fingerprint density at radius 3 is 2.64 bits per heavy atom. The Kier molecular flexibility index (Phi) is 7.61. The second-order valence-corrected chi connectivity index (χ2v) is 4.56. The Labute approximate surface area is 131 Å². The van der Waals surface area contributed by atoms with Crippen LogP contribution in [0.25, 0.3) is 0 Å². The molecule has 0 aliphatic carbocycles. The van der Waals surface area contributed by atoms with Crippen molar-refractivity contribution in [2.24, 2.45) is 0 Å². The minimum atomic E-state index is -0.370. The number of hydrogen-bond acceptors (Lipinski definition) is 5. The highest BCUT2D eigenvalue weighted by Crippen LogP contribution is 2.30. The van der Waals surface area contributed by atoms with Crippen molar-refractivity contribution in [3.8, 4) is 11.5 Å². The Balaban J connectivity index is 2.55. The summed E-state index contributed by atoms with van der Waals surface area (Å²) in [6.07, 6.45) is 5.64. The first kappa shape index (κ1) is 17.6. The van der Waals surface area contributed by atoms with E-state index in [1.165, 1.54) is 13.2 Å². The molecule has 0 radical (unpaired) electrons. The first-order valence-electron chi connectivity index (χ1n) is 6.99. The van der Waals surface area contributed by atoms with Crippen molar-refractivity contribution < 1.29 is 19.0 Å². The van der Waals surface area contributed by atoms with Crippen LogP contribution in [0.15, 0.2) is 42.1 Å². The molecule has 0 atom stereocenters. The van der Waals surface area contributed by atoms with Gasteiger partial charge in [0.05, 0.1) is 21.3 Å². The first-order chi connectivity index (χ1) is 10.6. The minimum Gasteiger partial charge on any atom is -0.493 e. The summed E-state index contributed by atoms with van der Waals surface area (Å²) in [7, 11) is 4.61. The van der Waals surface area contributed by atoms with Crippen LogP contribution in [0.5, 0.6) is 11.5 Å². The van der Waals surface area contributed by atoms with E-state index >= 15 is 0 Å². The molecule has 0 spiro atoms. The standard InChI is InChI=1S/C17H23NO4/c1-13(7-5-10-16(19)21-3)18-12-11-14-8-6-9-15(20-2)17(14)22-4/h5-10,18H,11-12H2,1-4H3/b10-5+,13-7+. The number of esters is 1. The summed E-state index contributed by atoms with van der Waals surface area (Å²) >= 11 is 0. The molecule has 5 heteroatoms. The number of methoxy groups -OCH3 is 3. The second kappa shape index (κ2) is 9.50. The summed E-state index contributed by atoms with van der Waals surface area (Å²) in [5, 5.41) is 3.27. The van der Waals surface area contributed by atoms with Gasteiger partial charge in [0.1, 0.15) is 0 Å². The monoisotopic (exact) mass is 305 g/mol. The molecule has 0 bridgehead atoms. The highest BCUT2D eigenvalue weighted by atomic mass is 16.5. The summed E-state index contributed by atoms with van der Waals surface area (Å²) in [4.78, 5) is 10.9. The number of nitrogens with one attached hydrogen (secondary N) is 1. The van der Waals surface area contributed by atoms with E-state index in [0.717, 1.165) is 35.7 Å². The third kappa shape index (κ3) is 5.52. The van der Waals surface area contributed by atoms with Gasteiger partial charge in [0.15, 0.2) is 11.5 Å². The van der Waals surface area contributed by atoms with Gasteiger partial charge < -0.3 is 19.5 Å². The summed E-state index contributed by atoms with van der Waals surface area (Å²) < 4.78 is 15.2. The normalized spacial score (nSPS) is 11.4. The van der Waals surface area contributed by atoms with Crippen LogP contribution in [0.4, 0.5) is 0 Å². The zero-order valence-electron chi connectivity index (χ0n) is 13.5. The van der Waals surface area contributed by atoms with Crippen molar-refractivity contribution in [2.75, 3.05) is 27.9 Å². The Hall–Kier alpha value is -2.43. The highest BCUT2D eigenvalue weighted by molar-refractivity contribution is 5.82. The fourth-order valence-electron chi connectivity index (χ4n) is 1.94. The number of ether oxygens (including phenoxy) is 3. The van der Waals surface area contributed by atoms with E-state index < -0.39 is 0 Å². The molecule has 22 heavy (non-hydrogen) atoms. The van der Waals surface area contributed by atoms with Crippen molar-refractivity contribution in [1.82, 2.24) is 5.32 Å². The molecule has 0 aliphatic rings. The molecule has 0 unspecified atom stereocenters. The van der Waals surface area contributed by atoms with E-state index in [2.05, 4.69) is 10.1 Å². The van der Waals surface area contributed by atoms with Crippen molar-refractivity contribution in [2.45, 2.75) is 13.3 Å². The Morgan fingerprint density at radius 1 is 1.23 bits per heavy atom. The van der Waals surface area contributed by atoms with Gasteiger partial charge in [-0.25, -0.2) is 4.79 Å². The molecule has 0 amide bonds. The maximum atomic E-state index is 10.9. The maximum Gasteiger partial charge on any atom is 0.330 e. The molecule has 0 aromatic heterocycles. The molecule has 1 aromatic carbocycles. The SMILES string of the molecule is COC(=O)/C=C/C=C(\C)NCCc1cccc(OC)c1OC. The molecule has 0 saturated carbocycles. The quantitative estimate of drug-likeness (QED) is 0.454. The molecule has 5 nitrogen and oxygen atoms in total. The second-order valence-electron chi connectivity index (χ2n) is 4.56. The van der Waals surface area contributed by atoms with Gasteiger partial charge in [0, 0.05) is 18.3 Å². The van der Waals surface area contributed by atoms with Gasteiger partial charge in [0.25, 0.3) is 0 Å². The number of para-hydroxylation sites is 1. The van der Waals surface area contributed by atoms with Gasteiger partial charge in [0.2, 0.25) is 0 Å². The number of carbonyl (C=O) groups excluding carboxylic acids is 1. The minimum absolute atomic E-state index is 0.370. The third-order valence-electron chi connectivity index (χ3n) is 3.06. The zero-order valence-corrected chi connectivity index (χ0v) is 13.5. The summed E-state index contributed by atoms with van der Waals surface area (Å²) in [6, 6.07) is 5.83. The lowest BCUT2D eigenvalue weighted by molar-refractivity contribution is -0.134. The molecular formula is C17H23NO4. The molecule has 120 valence electrons. The number of rotatable bonds is 8. The molecule has 1 rings (SSSR count). The van der Waals surface area contributed by atoms with Gasteiger partial charge in [-0.15, -0.1) is 0 Å². The van der Waals surface area contributed by atoms with Crippen LogP contribution >= 0.6 is 0 Å². The van der Waals surface area contributed by atoms with Crippen LogP contribution in [0, 0.1) is 0 Å². The van der Waals surface area contributed by atoms with Gasteiger partial charge >= 0.3 is 5.97 Å². The number of benzene rings is 1. The third-order valence-corrected chi connectivity index (χ3v) is 3.06. The van der Waals surface area contributed by atoms with Crippen molar-refractivity contribution in [1.29, 1.82) is 0 Å². The number of allylic oxidation sites excluding steroid dienone is 3. The smallest absolute Gasteiger partial charge is 0.330 e. The lowest BCUT2D eigenvalue weighted by atomic mass is 10.1. The first-order valence-corrected chi connectivity index (χ1v) is 6.99. The van der Waals surface area contributed by atoms with Crippen LogP contribution in [0.3, 0.4) is 0 Å². The maximum absolute atomic E-state index is 10.9. The van der Waals surface area contributed by atoms with E-state index in [1.54, 1.807) is 20.3 Å². The molecular weight excluding hydrogens is 282 g/mol. The Bertz CT molecular complexity index is 550. The van der Waals surface area contributed by atoms with Crippen molar-refractivity contribution in [3.05, 3.63) is 47.7 Å². The van der Waals surface area contributed by atoms with Crippen LogP contribution in [0.1, 0.15) is 12.5 Å². The zero-order chi connectivity index (χ0) is 16.4. The van der Waals surface area contributed by atoms with E-state index in [0.29, 0.717) is 0 Å². The lowest BCUT2D eigenvalue weighted by Crippen LogP contribution is -2.15. The summed E-state index contributed by atoms with van der Waals surface area (Å²) in [5.41, 5.74) is 2.04. The van der Waals surface area contributed by atoms with E-state index in [1.807, 2.05) is 31.2 Å². The number of hydrogen-bond donors (Lipinski definition) is 1. The molecule has 1 N–H and O–H groups in total. The van der Waals surface area contributed by atoms with Crippen molar-refractivity contribution >= 4 is 5.97 Å². The van der Waals surface area contributed by atoms with Crippen LogP contribution in [-0.2, 0) is 16.0 Å². The van der Waals surface area contributed by atoms with Crippen LogP contribution in [-0.4, -0.2) is 33.8 Å². The fraction of sp³-hybridized carbons (Fsp3) is 0.353. The van der Waals surface area contributed by atoms with Gasteiger partial charge in [-0.2, -0.15) is 0 Å². The predicted octanol–water partition coefficient (Wildman–Crippen LogP) is 2.47. The molecule has 1 aromatic rings. The van der Waals surface area contributed by atoms with E-state index in [4.69, 9.17) is 9.47 Å². The van der Waals surface area contributed by atoms with Gasteiger partial charge in [-0.1, -0.05) is 18.2 Å². The largest absolute Gasteiger partial charge is 0.493 e. The number of carbonyl (C=O) groups is 1. The van der Waals surface area contributed by atoms with Gasteiger partial charge in [-0.05, 0) is 31.1 Å². The summed E-state index contributed by atoms with van der Waals surface area (Å²) in [6.45, 7) is 2.68.